The van der Waals surface area contributed by atoms with Crippen molar-refractivity contribution in [1.29, 1.82) is 0 Å². The molecule has 1 heterocycles. The number of para-hydroxylation sites is 1. The molecule has 14 heavy (non-hydrogen) atoms. The van der Waals surface area contributed by atoms with Crippen molar-refractivity contribution in [3.63, 3.8) is 0 Å². The molecule has 0 radical (unpaired) electrons. The van der Waals surface area contributed by atoms with Crippen LogP contribution >= 0.6 is 0 Å². The van der Waals surface area contributed by atoms with E-state index in [4.69, 9.17) is 0 Å². The smallest absolute Gasteiger partial charge is 0.195 e. The third-order valence-corrected chi connectivity index (χ3v) is 2.41. The van der Waals surface area contributed by atoms with Gasteiger partial charge in [-0.15, -0.1) is 0 Å². The van der Waals surface area contributed by atoms with Crippen molar-refractivity contribution in [3.05, 3.63) is 29.6 Å². The summed E-state index contributed by atoms with van der Waals surface area (Å²) in [5, 5.41) is 0. The monoisotopic (exact) mass is 188 g/mol. The van der Waals surface area contributed by atoms with E-state index in [2.05, 4.69) is 4.98 Å². The third-order valence-electron chi connectivity index (χ3n) is 2.41. The van der Waals surface area contributed by atoms with Gasteiger partial charge in [0.15, 0.2) is 11.6 Å². The number of hydrogen-bond donors (Lipinski definition) is 0. The molecule has 1 aromatic carbocycles. The first-order chi connectivity index (χ1) is 6.61. The predicted octanol–water partition coefficient (Wildman–Crippen LogP) is 2.08. The Kier molecular flexibility index (Phi) is 1.88. The van der Waals surface area contributed by atoms with Crippen molar-refractivity contribution in [2.24, 2.45) is 7.05 Å². The van der Waals surface area contributed by atoms with Gasteiger partial charge in [0, 0.05) is 14.0 Å². The van der Waals surface area contributed by atoms with Crippen molar-refractivity contribution in [3.8, 4) is 0 Å². The molecule has 1 aromatic heterocycles. The van der Waals surface area contributed by atoms with Gasteiger partial charge in [0.25, 0.3) is 0 Å². The molecule has 0 aliphatic rings. The van der Waals surface area contributed by atoms with Crippen molar-refractivity contribution >= 4 is 16.8 Å². The SMILES string of the molecule is CC(=O)c1nc2cccc(C)c2n1C. The van der Waals surface area contributed by atoms with Crippen LogP contribution in [0.25, 0.3) is 11.0 Å². The molecule has 72 valence electrons. The van der Waals surface area contributed by atoms with Crippen molar-refractivity contribution in [1.82, 2.24) is 9.55 Å². The minimum absolute atomic E-state index is 0.00287. The third kappa shape index (κ3) is 1.13. The molecule has 0 atom stereocenters. The standard InChI is InChI=1S/C11H12N2O/c1-7-5-4-6-9-10(7)13(3)11(12-9)8(2)14/h4-6H,1-3H3. The molecule has 0 aliphatic heterocycles. The molecule has 2 rings (SSSR count). The highest BCUT2D eigenvalue weighted by Gasteiger charge is 2.11. The Morgan fingerprint density at radius 1 is 1.43 bits per heavy atom. The Balaban J connectivity index is 2.87. The number of benzene rings is 1. The lowest BCUT2D eigenvalue weighted by Crippen LogP contribution is -2.03. The minimum Gasteiger partial charge on any atom is -0.324 e. The number of aromatic nitrogens is 2. The number of imidazole rings is 1. The van der Waals surface area contributed by atoms with Gasteiger partial charge in [0.2, 0.25) is 0 Å². The van der Waals surface area contributed by atoms with Crippen LogP contribution in [0.4, 0.5) is 0 Å². The molecule has 0 aliphatic carbocycles. The highest BCUT2D eigenvalue weighted by Crippen LogP contribution is 2.18. The Bertz CT molecular complexity index is 511. The van der Waals surface area contributed by atoms with Crippen LogP contribution in [0.15, 0.2) is 18.2 Å². The van der Waals surface area contributed by atoms with E-state index in [1.54, 1.807) is 0 Å². The van der Waals surface area contributed by atoms with Gasteiger partial charge in [0.1, 0.15) is 0 Å². The van der Waals surface area contributed by atoms with Crippen LogP contribution < -0.4 is 0 Å². The second kappa shape index (κ2) is 2.94. The summed E-state index contributed by atoms with van der Waals surface area (Å²) in [4.78, 5) is 15.5. The normalized spacial score (nSPS) is 10.8. The first kappa shape index (κ1) is 8.94. The molecule has 0 N–H and O–H groups in total. The first-order valence-corrected chi connectivity index (χ1v) is 4.54. The van der Waals surface area contributed by atoms with Crippen LogP contribution in [0.5, 0.6) is 0 Å². The summed E-state index contributed by atoms with van der Waals surface area (Å²) in [7, 11) is 1.87. The van der Waals surface area contributed by atoms with E-state index in [1.165, 1.54) is 6.92 Å². The fourth-order valence-corrected chi connectivity index (χ4v) is 1.78. The fourth-order valence-electron chi connectivity index (χ4n) is 1.78. The quantitative estimate of drug-likeness (QED) is 0.642. The van der Waals surface area contributed by atoms with Gasteiger partial charge in [0.05, 0.1) is 11.0 Å². The number of hydrogen-bond acceptors (Lipinski definition) is 2. The lowest BCUT2D eigenvalue weighted by molar-refractivity contribution is 0.100. The van der Waals surface area contributed by atoms with Crippen LogP contribution in [0.1, 0.15) is 23.1 Å². The van der Waals surface area contributed by atoms with E-state index < -0.39 is 0 Å². The van der Waals surface area contributed by atoms with E-state index in [0.29, 0.717) is 5.82 Å². The largest absolute Gasteiger partial charge is 0.324 e. The van der Waals surface area contributed by atoms with Crippen LogP contribution in [0, 0.1) is 6.92 Å². The second-order valence-electron chi connectivity index (χ2n) is 3.49. The number of rotatable bonds is 1. The lowest BCUT2D eigenvalue weighted by atomic mass is 10.2. The van der Waals surface area contributed by atoms with Crippen LogP contribution in [0.3, 0.4) is 0 Å². The van der Waals surface area contributed by atoms with Gasteiger partial charge in [-0.3, -0.25) is 4.79 Å². The number of aryl methyl sites for hydroxylation is 2. The molecule has 0 saturated heterocycles. The molecule has 0 saturated carbocycles. The summed E-state index contributed by atoms with van der Waals surface area (Å²) in [6, 6.07) is 5.90. The van der Waals surface area contributed by atoms with Crippen molar-refractivity contribution < 1.29 is 4.79 Å². The summed E-state index contributed by atoms with van der Waals surface area (Å²) in [6.45, 7) is 3.56. The highest BCUT2D eigenvalue weighted by molar-refractivity contribution is 5.95. The summed E-state index contributed by atoms with van der Waals surface area (Å²) in [5.74, 6) is 0.525. The maximum Gasteiger partial charge on any atom is 0.195 e. The fraction of sp³-hybridized carbons (Fsp3) is 0.273. The molecule has 0 fully saturated rings. The molecular formula is C11H12N2O. The number of fused-ring (bicyclic) bond motifs is 1. The minimum atomic E-state index is 0.00287. The molecule has 2 aromatic rings. The number of Topliss-reactive ketones (excluding diaryl/α,β-unsaturated/α-hetero) is 1. The molecule has 0 amide bonds. The van der Waals surface area contributed by atoms with Crippen molar-refractivity contribution in [2.75, 3.05) is 0 Å². The van der Waals surface area contributed by atoms with Gasteiger partial charge in [-0.05, 0) is 18.6 Å². The van der Waals surface area contributed by atoms with Crippen LogP contribution in [-0.2, 0) is 7.05 Å². The number of carbonyl (C=O) groups excluding carboxylic acids is 1. The topological polar surface area (TPSA) is 34.9 Å². The van der Waals surface area contributed by atoms with Gasteiger partial charge >= 0.3 is 0 Å². The van der Waals surface area contributed by atoms with E-state index in [0.717, 1.165) is 16.6 Å². The van der Waals surface area contributed by atoms with E-state index in [1.807, 2.05) is 36.7 Å². The molecule has 0 spiro atoms. The Morgan fingerprint density at radius 2 is 2.14 bits per heavy atom. The average Bonchev–Trinajstić information content (AvgIpc) is 2.45. The summed E-state index contributed by atoms with van der Waals surface area (Å²) >= 11 is 0. The molecule has 0 bridgehead atoms. The summed E-state index contributed by atoms with van der Waals surface area (Å²) in [5.41, 5.74) is 3.07. The zero-order valence-corrected chi connectivity index (χ0v) is 8.53. The van der Waals surface area contributed by atoms with Crippen molar-refractivity contribution in [2.45, 2.75) is 13.8 Å². The van der Waals surface area contributed by atoms with E-state index in [9.17, 15) is 4.79 Å². The highest BCUT2D eigenvalue weighted by atomic mass is 16.1. The van der Waals surface area contributed by atoms with Gasteiger partial charge in [-0.25, -0.2) is 4.98 Å². The molecule has 3 heteroatoms. The van der Waals surface area contributed by atoms with Gasteiger partial charge in [-0.2, -0.15) is 0 Å². The van der Waals surface area contributed by atoms with Gasteiger partial charge in [-0.1, -0.05) is 12.1 Å². The van der Waals surface area contributed by atoms with Gasteiger partial charge < -0.3 is 4.57 Å². The molecule has 0 unspecified atom stereocenters. The second-order valence-corrected chi connectivity index (χ2v) is 3.49. The summed E-state index contributed by atoms with van der Waals surface area (Å²) in [6.07, 6.45) is 0. The predicted molar refractivity (Wildman–Crippen MR) is 55.5 cm³/mol. The zero-order chi connectivity index (χ0) is 10.3. The maximum atomic E-state index is 11.3. The molecular weight excluding hydrogens is 176 g/mol. The zero-order valence-electron chi connectivity index (χ0n) is 8.53. The summed E-state index contributed by atoms with van der Waals surface area (Å²) < 4.78 is 1.85. The van der Waals surface area contributed by atoms with E-state index >= 15 is 0 Å². The Hall–Kier alpha value is -1.64. The Morgan fingerprint density at radius 3 is 2.71 bits per heavy atom. The van der Waals surface area contributed by atoms with Crippen LogP contribution in [0.2, 0.25) is 0 Å². The molecule has 3 nitrogen and oxygen atoms in total. The number of nitrogens with zero attached hydrogens (tertiary/aromatic N) is 2. The van der Waals surface area contributed by atoms with E-state index in [-0.39, 0.29) is 5.78 Å². The average molecular weight is 188 g/mol. The first-order valence-electron chi connectivity index (χ1n) is 4.54. The Labute approximate surface area is 82.4 Å². The maximum absolute atomic E-state index is 11.3. The number of ketones is 1. The van der Waals surface area contributed by atoms with Crippen LogP contribution in [-0.4, -0.2) is 15.3 Å². The number of carbonyl (C=O) groups is 1. The lowest BCUT2D eigenvalue weighted by Gasteiger charge is -2.00.